The van der Waals surface area contributed by atoms with Crippen LogP contribution in [0.5, 0.6) is 0 Å². The fourth-order valence-electron chi connectivity index (χ4n) is 3.76. The Morgan fingerprint density at radius 3 is 2.22 bits per heavy atom. The Bertz CT molecular complexity index is 1270. The van der Waals surface area contributed by atoms with Gasteiger partial charge in [0.1, 0.15) is 0 Å². The van der Waals surface area contributed by atoms with E-state index in [2.05, 4.69) is 74.5 Å². The van der Waals surface area contributed by atoms with Crippen LogP contribution in [-0.2, 0) is 0 Å². The molecule has 0 atom stereocenters. The minimum atomic E-state index is 0.897. The molecule has 0 fully saturated rings. The molecule has 0 saturated heterocycles. The third kappa shape index (κ3) is 2.51. The quantitative estimate of drug-likeness (QED) is 0.400. The number of nitrogens with zero attached hydrogens (tertiary/aromatic N) is 3. The predicted octanol–water partition coefficient (Wildman–Crippen LogP) is 5.86. The molecular weight excluding hydrogens is 330 g/mol. The molecule has 2 heterocycles. The van der Waals surface area contributed by atoms with Crippen LogP contribution in [0.25, 0.3) is 38.8 Å². The fourth-order valence-corrected chi connectivity index (χ4v) is 3.76. The summed E-state index contributed by atoms with van der Waals surface area (Å²) in [6, 6.07) is 27.2. The second kappa shape index (κ2) is 6.06. The Hall–Kier alpha value is -3.46. The Morgan fingerprint density at radius 1 is 0.778 bits per heavy atom. The first-order valence-corrected chi connectivity index (χ1v) is 9.13. The molecule has 3 aromatic carbocycles. The average molecular weight is 349 g/mol. The van der Waals surface area contributed by atoms with Crippen LogP contribution in [0.4, 0.5) is 0 Å². The summed E-state index contributed by atoms with van der Waals surface area (Å²) in [6.45, 7) is 4.19. The zero-order valence-electron chi connectivity index (χ0n) is 15.3. The summed E-state index contributed by atoms with van der Waals surface area (Å²) in [5.41, 5.74) is 7.53. The Morgan fingerprint density at radius 2 is 1.48 bits per heavy atom. The fraction of sp³-hybridized carbons (Fsp3) is 0.0833. The molecule has 0 aliphatic carbocycles. The van der Waals surface area contributed by atoms with Gasteiger partial charge in [-0.3, -0.25) is 0 Å². The molecule has 0 aliphatic rings. The maximum Gasteiger partial charge on any atom is 0.164 e. The molecular formula is C24H19N3. The molecule has 3 nitrogen and oxygen atoms in total. The lowest BCUT2D eigenvalue weighted by molar-refractivity contribution is 0.879. The molecule has 5 aromatic rings. The number of hydrogen-bond donors (Lipinski definition) is 0. The topological polar surface area (TPSA) is 30.7 Å². The standard InChI is InChI=1S/C24H19N3/c1-16-13-14-21-20(15-16)23(18-9-5-3-6-10-18)22-17(2)26-27(24(22)25-21)19-11-7-4-8-12-19/h3-15H,1-2H3. The van der Waals surface area contributed by atoms with Crippen LogP contribution in [-0.4, -0.2) is 14.8 Å². The maximum absolute atomic E-state index is 5.00. The minimum Gasteiger partial charge on any atom is -0.228 e. The van der Waals surface area contributed by atoms with Gasteiger partial charge < -0.3 is 0 Å². The van der Waals surface area contributed by atoms with E-state index in [1.807, 2.05) is 22.9 Å². The van der Waals surface area contributed by atoms with E-state index in [0.717, 1.165) is 27.9 Å². The van der Waals surface area contributed by atoms with E-state index in [-0.39, 0.29) is 0 Å². The maximum atomic E-state index is 5.00. The molecule has 27 heavy (non-hydrogen) atoms. The van der Waals surface area contributed by atoms with Crippen molar-refractivity contribution in [3.8, 4) is 16.8 Å². The lowest BCUT2D eigenvalue weighted by Crippen LogP contribution is -1.98. The van der Waals surface area contributed by atoms with Crippen molar-refractivity contribution in [2.24, 2.45) is 0 Å². The lowest BCUT2D eigenvalue weighted by Gasteiger charge is -2.11. The van der Waals surface area contributed by atoms with Gasteiger partial charge in [0.05, 0.1) is 22.3 Å². The summed E-state index contributed by atoms with van der Waals surface area (Å²) in [5.74, 6) is 0. The normalized spacial score (nSPS) is 11.3. The molecule has 0 amide bonds. The number of para-hydroxylation sites is 1. The van der Waals surface area contributed by atoms with Crippen LogP contribution in [0.3, 0.4) is 0 Å². The van der Waals surface area contributed by atoms with E-state index in [1.54, 1.807) is 0 Å². The van der Waals surface area contributed by atoms with Crippen molar-refractivity contribution in [1.82, 2.24) is 14.8 Å². The van der Waals surface area contributed by atoms with Gasteiger partial charge in [0, 0.05) is 10.9 Å². The van der Waals surface area contributed by atoms with E-state index in [1.165, 1.54) is 22.1 Å². The molecule has 5 rings (SSSR count). The van der Waals surface area contributed by atoms with Gasteiger partial charge in [0.2, 0.25) is 0 Å². The number of aryl methyl sites for hydroxylation is 2. The van der Waals surface area contributed by atoms with Crippen molar-refractivity contribution in [1.29, 1.82) is 0 Å². The van der Waals surface area contributed by atoms with Crippen molar-refractivity contribution in [2.75, 3.05) is 0 Å². The number of rotatable bonds is 2. The zero-order chi connectivity index (χ0) is 18.4. The Labute approximate surface area is 157 Å². The van der Waals surface area contributed by atoms with Crippen LogP contribution in [0.15, 0.2) is 78.9 Å². The van der Waals surface area contributed by atoms with E-state index < -0.39 is 0 Å². The van der Waals surface area contributed by atoms with E-state index >= 15 is 0 Å². The molecule has 0 aliphatic heterocycles. The smallest absolute Gasteiger partial charge is 0.164 e. The average Bonchev–Trinajstić information content (AvgIpc) is 3.04. The molecule has 0 saturated carbocycles. The molecule has 0 N–H and O–H groups in total. The van der Waals surface area contributed by atoms with Crippen molar-refractivity contribution in [3.05, 3.63) is 90.1 Å². The third-order valence-electron chi connectivity index (χ3n) is 5.00. The molecule has 0 unspecified atom stereocenters. The summed E-state index contributed by atoms with van der Waals surface area (Å²) in [4.78, 5) is 5.00. The van der Waals surface area contributed by atoms with Gasteiger partial charge >= 0.3 is 0 Å². The minimum absolute atomic E-state index is 0.897. The number of benzene rings is 3. The number of fused-ring (bicyclic) bond motifs is 2. The zero-order valence-corrected chi connectivity index (χ0v) is 15.3. The van der Waals surface area contributed by atoms with Crippen molar-refractivity contribution in [3.63, 3.8) is 0 Å². The molecule has 130 valence electrons. The molecule has 3 heteroatoms. The second-order valence-corrected chi connectivity index (χ2v) is 6.90. The first-order chi connectivity index (χ1) is 13.2. The van der Waals surface area contributed by atoms with Gasteiger partial charge in [-0.1, -0.05) is 60.2 Å². The SMILES string of the molecule is Cc1ccc2nc3c(c(C)nn3-c3ccccc3)c(-c3ccccc3)c2c1. The van der Waals surface area contributed by atoms with E-state index in [0.29, 0.717) is 0 Å². The first kappa shape index (κ1) is 15.8. The van der Waals surface area contributed by atoms with Crippen molar-refractivity contribution in [2.45, 2.75) is 13.8 Å². The van der Waals surface area contributed by atoms with Crippen molar-refractivity contribution >= 4 is 21.9 Å². The predicted molar refractivity (Wildman–Crippen MR) is 111 cm³/mol. The Kier molecular flexibility index (Phi) is 3.54. The number of hydrogen-bond acceptors (Lipinski definition) is 2. The number of pyridine rings is 1. The summed E-state index contributed by atoms with van der Waals surface area (Å²) in [5, 5.41) is 7.13. The Balaban J connectivity index is 1.97. The van der Waals surface area contributed by atoms with E-state index in [4.69, 9.17) is 10.1 Å². The van der Waals surface area contributed by atoms with Crippen LogP contribution in [0, 0.1) is 13.8 Å². The summed E-state index contributed by atoms with van der Waals surface area (Å²) < 4.78 is 1.95. The van der Waals surface area contributed by atoms with Crippen LogP contribution in [0.2, 0.25) is 0 Å². The highest BCUT2D eigenvalue weighted by Gasteiger charge is 2.18. The molecule has 0 radical (unpaired) electrons. The van der Waals surface area contributed by atoms with Gasteiger partial charge in [-0.2, -0.15) is 5.10 Å². The van der Waals surface area contributed by atoms with Crippen LogP contribution >= 0.6 is 0 Å². The van der Waals surface area contributed by atoms with Gasteiger partial charge in [-0.05, 0) is 43.7 Å². The van der Waals surface area contributed by atoms with Gasteiger partial charge in [-0.15, -0.1) is 0 Å². The largest absolute Gasteiger partial charge is 0.228 e. The van der Waals surface area contributed by atoms with Gasteiger partial charge in [-0.25, -0.2) is 9.67 Å². The number of aromatic nitrogens is 3. The lowest BCUT2D eigenvalue weighted by atomic mass is 9.96. The highest BCUT2D eigenvalue weighted by atomic mass is 15.3. The molecule has 0 spiro atoms. The monoisotopic (exact) mass is 349 g/mol. The van der Waals surface area contributed by atoms with Gasteiger partial charge in [0.25, 0.3) is 0 Å². The second-order valence-electron chi connectivity index (χ2n) is 6.90. The summed E-state index contributed by atoms with van der Waals surface area (Å²) in [6.07, 6.45) is 0. The van der Waals surface area contributed by atoms with E-state index in [9.17, 15) is 0 Å². The molecule has 2 aromatic heterocycles. The van der Waals surface area contributed by atoms with Crippen LogP contribution < -0.4 is 0 Å². The van der Waals surface area contributed by atoms with Crippen LogP contribution in [0.1, 0.15) is 11.3 Å². The highest BCUT2D eigenvalue weighted by molar-refractivity contribution is 6.10. The third-order valence-corrected chi connectivity index (χ3v) is 5.00. The summed E-state index contributed by atoms with van der Waals surface area (Å²) >= 11 is 0. The summed E-state index contributed by atoms with van der Waals surface area (Å²) in [7, 11) is 0. The highest BCUT2D eigenvalue weighted by Crippen LogP contribution is 2.37. The van der Waals surface area contributed by atoms with Gasteiger partial charge in [0.15, 0.2) is 5.65 Å². The van der Waals surface area contributed by atoms with Crippen molar-refractivity contribution < 1.29 is 0 Å². The molecule has 0 bridgehead atoms. The first-order valence-electron chi connectivity index (χ1n) is 9.13.